The minimum Gasteiger partial charge on any atom is -0.472 e. The summed E-state index contributed by atoms with van der Waals surface area (Å²) in [6.45, 7) is 6.05. The van der Waals surface area contributed by atoms with Crippen molar-refractivity contribution < 1.29 is 37.1 Å². The highest BCUT2D eigenvalue weighted by Crippen LogP contribution is 2.57. The number of cyclic esters (lactones) is 1. The van der Waals surface area contributed by atoms with E-state index in [-0.39, 0.29) is 56.4 Å². The molecule has 2 aromatic rings. The summed E-state index contributed by atoms with van der Waals surface area (Å²) < 4.78 is 39.4. The van der Waals surface area contributed by atoms with Crippen LogP contribution in [0, 0.1) is 17.3 Å². The lowest BCUT2D eigenvalue weighted by atomic mass is 9.91. The molecule has 1 aromatic heterocycles. The van der Waals surface area contributed by atoms with Gasteiger partial charge in [0.1, 0.15) is 6.10 Å². The van der Waals surface area contributed by atoms with E-state index < -0.39 is 50.6 Å². The van der Waals surface area contributed by atoms with E-state index >= 15 is 0 Å². The lowest BCUT2D eigenvalue weighted by Gasteiger charge is -2.28. The molecule has 0 radical (unpaired) electrons. The Bertz CT molecular complexity index is 1750. The molecule has 0 unspecified atom stereocenters. The highest BCUT2D eigenvalue weighted by Gasteiger charge is 2.61. The van der Waals surface area contributed by atoms with Crippen LogP contribution >= 0.6 is 0 Å². The zero-order valence-corrected chi connectivity index (χ0v) is 28.1. The minimum atomic E-state index is -3.82. The van der Waals surface area contributed by atoms with Gasteiger partial charge in [-0.15, -0.1) is 6.58 Å². The van der Waals surface area contributed by atoms with Crippen LogP contribution in [0.5, 0.6) is 5.88 Å². The molecule has 1 aromatic carbocycles. The van der Waals surface area contributed by atoms with E-state index in [9.17, 15) is 27.6 Å². The molecule has 2 aliphatic carbocycles. The Labute approximate surface area is 281 Å². The summed E-state index contributed by atoms with van der Waals surface area (Å²) in [6.07, 6.45) is 10.1. The third-order valence-corrected chi connectivity index (χ3v) is 11.8. The van der Waals surface area contributed by atoms with Gasteiger partial charge in [0.25, 0.3) is 0 Å². The standard InChI is InChI=1S/C36H43N3O8S/c1-3-8-25-18-32(41)46-16-7-5-6-9-23-10-11-24-14-15-37-33(29(24)17-23)47-27-19-30(39(22-27)34(25)42)31(40)21-36(20-26(36)4-2)35(43)38-48(44,45)28-12-13-28/h4,6,9-11,14-15,17,25-28,30H,2-3,5,7-8,12-13,16,18-22H2,1H3,(H,38,43)/b9-6+/t25-,26+,27-,30+,36-/m1/s1. The van der Waals surface area contributed by atoms with Crippen LogP contribution in [0.15, 0.2) is 49.2 Å². The molecule has 1 N–H and O–H groups in total. The molecule has 48 heavy (non-hydrogen) atoms. The van der Waals surface area contributed by atoms with Crippen LogP contribution in [0.2, 0.25) is 0 Å². The number of pyridine rings is 1. The third kappa shape index (κ3) is 7.18. The van der Waals surface area contributed by atoms with Crippen molar-refractivity contribution >= 4 is 50.4 Å². The number of ether oxygens (including phenoxy) is 2. The number of esters is 1. The van der Waals surface area contributed by atoms with E-state index in [2.05, 4.69) is 16.3 Å². The molecule has 2 saturated carbocycles. The predicted molar refractivity (Wildman–Crippen MR) is 179 cm³/mol. The first kappa shape index (κ1) is 33.8. The predicted octanol–water partition coefficient (Wildman–Crippen LogP) is 4.50. The van der Waals surface area contributed by atoms with Crippen LogP contribution in [0.25, 0.3) is 16.8 Å². The molecule has 12 heteroatoms. The molecule has 5 atom stereocenters. The van der Waals surface area contributed by atoms with Gasteiger partial charge in [-0.05, 0) is 67.5 Å². The molecule has 3 heterocycles. The fourth-order valence-corrected chi connectivity index (χ4v) is 8.40. The zero-order valence-electron chi connectivity index (χ0n) is 27.3. The number of carbonyl (C=O) groups excluding carboxylic acids is 4. The van der Waals surface area contributed by atoms with Gasteiger partial charge in [-0.2, -0.15) is 0 Å². The van der Waals surface area contributed by atoms with Crippen LogP contribution in [0.3, 0.4) is 0 Å². The molecule has 4 bridgehead atoms. The van der Waals surface area contributed by atoms with Crippen molar-refractivity contribution in [3.8, 4) is 5.88 Å². The molecule has 1 saturated heterocycles. The number of amides is 2. The highest BCUT2D eigenvalue weighted by atomic mass is 32.2. The fourth-order valence-electron chi connectivity index (χ4n) is 7.02. The average molecular weight is 678 g/mol. The minimum absolute atomic E-state index is 0.0856. The van der Waals surface area contributed by atoms with Crippen molar-refractivity contribution in [1.29, 1.82) is 0 Å². The number of hydrogen-bond acceptors (Lipinski definition) is 9. The summed E-state index contributed by atoms with van der Waals surface area (Å²) in [5.41, 5.74) is -0.306. The van der Waals surface area contributed by atoms with Gasteiger partial charge in [0.05, 0.1) is 36.3 Å². The second kappa shape index (κ2) is 13.8. The number of nitrogens with zero attached hydrogens (tertiary/aromatic N) is 2. The molecule has 6 rings (SSSR count). The molecule has 11 nitrogen and oxygen atoms in total. The van der Waals surface area contributed by atoms with Gasteiger partial charge in [0.2, 0.25) is 27.7 Å². The smallest absolute Gasteiger partial charge is 0.306 e. The topological polar surface area (TPSA) is 149 Å². The van der Waals surface area contributed by atoms with Crippen LogP contribution in [0.1, 0.15) is 76.7 Å². The Hall–Kier alpha value is -4.06. The van der Waals surface area contributed by atoms with Crippen LogP contribution in [-0.2, 0) is 33.9 Å². The molecule has 0 spiro atoms. The van der Waals surface area contributed by atoms with E-state index in [1.54, 1.807) is 12.3 Å². The number of rotatable bonds is 9. The first-order valence-electron chi connectivity index (χ1n) is 16.9. The second-order valence-corrected chi connectivity index (χ2v) is 15.5. The van der Waals surface area contributed by atoms with Gasteiger partial charge in [0, 0.05) is 30.3 Å². The SMILES string of the molecule is C=C[C@H]1C[C@]1(CC(=O)[C@@H]1C[C@@H]2CN1C(=O)[C@H](CCC)CC(=O)OCCC/C=C/c1ccc3ccnc(c3c1)O2)C(=O)NS(=O)(=O)C1CC1. The summed E-state index contributed by atoms with van der Waals surface area (Å²) in [5.74, 6) is -2.56. The number of Topliss-reactive ketones (excluding diaryl/α,β-unsaturated/α-hetero) is 1. The van der Waals surface area contributed by atoms with Gasteiger partial charge in [-0.3, -0.25) is 23.9 Å². The Morgan fingerprint density at radius 1 is 1.21 bits per heavy atom. The summed E-state index contributed by atoms with van der Waals surface area (Å²) in [6, 6.07) is 6.91. The molecule has 4 aliphatic rings. The van der Waals surface area contributed by atoms with Gasteiger partial charge in [-0.1, -0.05) is 43.7 Å². The van der Waals surface area contributed by atoms with Gasteiger partial charge in [0.15, 0.2) is 5.78 Å². The second-order valence-electron chi connectivity index (χ2n) is 13.6. The maximum absolute atomic E-state index is 14.2. The normalized spacial score (nSPS) is 28.6. The Kier molecular flexibility index (Phi) is 9.74. The Balaban J connectivity index is 1.31. The summed E-state index contributed by atoms with van der Waals surface area (Å²) >= 11 is 0. The zero-order chi connectivity index (χ0) is 34.1. The molecular formula is C36H43N3O8S. The first-order valence-corrected chi connectivity index (χ1v) is 18.5. The number of aromatic nitrogens is 1. The van der Waals surface area contributed by atoms with Gasteiger partial charge >= 0.3 is 5.97 Å². The summed E-state index contributed by atoms with van der Waals surface area (Å²) in [5, 5.41) is 1.13. The quantitative estimate of drug-likeness (QED) is 0.299. The van der Waals surface area contributed by atoms with Crippen molar-refractivity contribution in [3.63, 3.8) is 0 Å². The number of sulfonamides is 1. The first-order chi connectivity index (χ1) is 23.0. The van der Waals surface area contributed by atoms with Gasteiger partial charge in [-0.25, -0.2) is 13.4 Å². The van der Waals surface area contributed by atoms with Crippen molar-refractivity contribution in [2.45, 2.75) is 88.5 Å². The number of nitrogens with one attached hydrogen (secondary N) is 1. The van der Waals surface area contributed by atoms with Crippen molar-refractivity contribution in [1.82, 2.24) is 14.6 Å². The largest absolute Gasteiger partial charge is 0.472 e. The Morgan fingerprint density at radius 2 is 2.02 bits per heavy atom. The van der Waals surface area contributed by atoms with E-state index in [1.807, 2.05) is 43.3 Å². The lowest BCUT2D eigenvalue weighted by Crippen LogP contribution is -2.46. The van der Waals surface area contributed by atoms with E-state index in [1.165, 1.54) is 4.90 Å². The van der Waals surface area contributed by atoms with Crippen LogP contribution < -0.4 is 9.46 Å². The van der Waals surface area contributed by atoms with E-state index in [4.69, 9.17) is 9.47 Å². The summed E-state index contributed by atoms with van der Waals surface area (Å²) in [7, 11) is -3.82. The van der Waals surface area contributed by atoms with Crippen LogP contribution in [0.4, 0.5) is 0 Å². The number of fused-ring (bicyclic) bond motifs is 3. The average Bonchev–Trinajstić information content (AvgIpc) is 3.99. The number of carbonyl (C=O) groups is 4. The number of benzene rings is 1. The molecular weight excluding hydrogens is 634 g/mol. The summed E-state index contributed by atoms with van der Waals surface area (Å²) in [4.78, 5) is 60.7. The number of ketones is 1. The van der Waals surface area contributed by atoms with Gasteiger partial charge < -0.3 is 14.4 Å². The third-order valence-electron chi connectivity index (χ3n) is 10.00. The number of allylic oxidation sites excluding steroid dienone is 2. The van der Waals surface area contributed by atoms with Crippen LogP contribution in [-0.4, -0.2) is 72.4 Å². The van der Waals surface area contributed by atoms with E-state index in [0.717, 1.165) is 16.3 Å². The van der Waals surface area contributed by atoms with Crippen molar-refractivity contribution in [2.24, 2.45) is 17.3 Å². The van der Waals surface area contributed by atoms with E-state index in [0.29, 0.717) is 44.4 Å². The molecule has 2 amide bonds. The maximum atomic E-state index is 14.2. The number of hydrogen-bond donors (Lipinski definition) is 1. The van der Waals surface area contributed by atoms with Crippen molar-refractivity contribution in [2.75, 3.05) is 13.2 Å². The van der Waals surface area contributed by atoms with Crippen molar-refractivity contribution in [3.05, 3.63) is 54.8 Å². The monoisotopic (exact) mass is 677 g/mol. The molecule has 2 aliphatic heterocycles. The Morgan fingerprint density at radius 3 is 2.75 bits per heavy atom. The lowest BCUT2D eigenvalue weighted by molar-refractivity contribution is -0.150. The highest BCUT2D eigenvalue weighted by molar-refractivity contribution is 7.90. The molecule has 3 fully saturated rings. The molecule has 256 valence electrons. The maximum Gasteiger partial charge on any atom is 0.306 e. The fraction of sp³-hybridized carbons (Fsp3) is 0.528.